The summed E-state index contributed by atoms with van der Waals surface area (Å²) in [4.78, 5) is 0. The van der Waals surface area contributed by atoms with Crippen molar-refractivity contribution in [3.8, 4) is 11.8 Å². The Bertz CT molecular complexity index is 591. The van der Waals surface area contributed by atoms with Gasteiger partial charge in [0, 0.05) is 12.8 Å². The lowest BCUT2D eigenvalue weighted by Gasteiger charge is -2.08. The molecule has 0 aliphatic rings. The van der Waals surface area contributed by atoms with Gasteiger partial charge in [0.25, 0.3) is 0 Å². The summed E-state index contributed by atoms with van der Waals surface area (Å²) in [5.74, 6) is 4.34. The molecule has 3 N–H and O–H groups in total. The Morgan fingerprint density at radius 2 is 2.21 bits per heavy atom. The van der Waals surface area contributed by atoms with E-state index < -0.39 is 15.8 Å². The summed E-state index contributed by atoms with van der Waals surface area (Å²) in [6.07, 6.45) is 0. The van der Waals surface area contributed by atoms with Gasteiger partial charge in [0.15, 0.2) is 0 Å². The Balaban J connectivity index is 2.91. The highest BCUT2D eigenvalue weighted by molar-refractivity contribution is 7.92. The van der Waals surface area contributed by atoms with Crippen LogP contribution >= 0.6 is 0 Å². The minimum Gasteiger partial charge on any atom is -0.384 e. The molecule has 5 nitrogen and oxygen atoms in total. The molecule has 19 heavy (non-hydrogen) atoms. The molecule has 104 valence electrons. The molecule has 0 saturated carbocycles. The summed E-state index contributed by atoms with van der Waals surface area (Å²) >= 11 is 0. The van der Waals surface area contributed by atoms with Gasteiger partial charge in [-0.15, -0.1) is 0 Å². The lowest BCUT2D eigenvalue weighted by atomic mass is 10.2. The zero-order valence-corrected chi connectivity index (χ0v) is 11.3. The van der Waals surface area contributed by atoms with Gasteiger partial charge in [-0.1, -0.05) is 11.8 Å². The standard InChI is InChI=1S/C12H15FN2O3S/c1-18-7-8-19(16,17)15-11-4-5-12(13)10(9-11)3-2-6-14/h4-5,9,15H,6-8,14H2,1H3. The van der Waals surface area contributed by atoms with Crippen molar-refractivity contribution >= 4 is 15.7 Å². The predicted molar refractivity (Wildman–Crippen MR) is 71.6 cm³/mol. The van der Waals surface area contributed by atoms with Gasteiger partial charge < -0.3 is 10.5 Å². The number of methoxy groups -OCH3 is 1. The van der Waals surface area contributed by atoms with E-state index in [1.54, 1.807) is 0 Å². The van der Waals surface area contributed by atoms with Crippen molar-refractivity contribution in [1.82, 2.24) is 0 Å². The maximum absolute atomic E-state index is 13.4. The number of ether oxygens (including phenoxy) is 1. The minimum absolute atomic E-state index is 0.0797. The predicted octanol–water partition coefficient (Wildman–Crippen LogP) is 0.524. The molecular weight excluding hydrogens is 271 g/mol. The Morgan fingerprint density at radius 1 is 1.47 bits per heavy atom. The lowest BCUT2D eigenvalue weighted by molar-refractivity contribution is 0.217. The third kappa shape index (κ3) is 5.26. The van der Waals surface area contributed by atoms with Crippen LogP contribution < -0.4 is 10.5 Å². The van der Waals surface area contributed by atoms with Gasteiger partial charge in [0.1, 0.15) is 5.82 Å². The Hall–Kier alpha value is -1.62. The molecule has 0 spiro atoms. The van der Waals surface area contributed by atoms with E-state index >= 15 is 0 Å². The maximum atomic E-state index is 13.4. The fraction of sp³-hybridized carbons (Fsp3) is 0.333. The highest BCUT2D eigenvalue weighted by Gasteiger charge is 2.11. The van der Waals surface area contributed by atoms with Gasteiger partial charge in [-0.25, -0.2) is 12.8 Å². The summed E-state index contributed by atoms with van der Waals surface area (Å²) in [6, 6.07) is 3.80. The molecule has 0 saturated heterocycles. The molecule has 1 aromatic rings. The van der Waals surface area contributed by atoms with Crippen LogP contribution in [0.4, 0.5) is 10.1 Å². The van der Waals surface area contributed by atoms with Crippen LogP contribution in [0, 0.1) is 17.7 Å². The Morgan fingerprint density at radius 3 is 2.84 bits per heavy atom. The Kier molecular flexibility index (Phi) is 5.76. The van der Waals surface area contributed by atoms with E-state index in [1.807, 2.05) is 0 Å². The number of sulfonamides is 1. The molecule has 0 radical (unpaired) electrons. The molecular formula is C12H15FN2O3S. The number of halogens is 1. The number of benzene rings is 1. The van der Waals surface area contributed by atoms with E-state index in [1.165, 1.54) is 19.2 Å². The Labute approximate surface area is 112 Å². The largest absolute Gasteiger partial charge is 0.384 e. The monoisotopic (exact) mass is 286 g/mol. The van der Waals surface area contributed by atoms with E-state index in [9.17, 15) is 12.8 Å². The second-order valence-electron chi connectivity index (χ2n) is 3.61. The van der Waals surface area contributed by atoms with Crippen LogP contribution in [0.1, 0.15) is 5.56 Å². The van der Waals surface area contributed by atoms with Crippen LogP contribution in [0.5, 0.6) is 0 Å². The first-order chi connectivity index (χ1) is 8.98. The number of hydrogen-bond acceptors (Lipinski definition) is 4. The number of hydrogen-bond donors (Lipinski definition) is 2. The quantitative estimate of drug-likeness (QED) is 0.773. The lowest BCUT2D eigenvalue weighted by Crippen LogP contribution is -2.19. The fourth-order valence-corrected chi connectivity index (χ4v) is 2.23. The topological polar surface area (TPSA) is 81.4 Å². The van der Waals surface area contributed by atoms with Crippen molar-refractivity contribution in [2.45, 2.75) is 0 Å². The summed E-state index contributed by atoms with van der Waals surface area (Å²) in [7, 11) is -2.11. The molecule has 0 amide bonds. The molecule has 0 unspecified atom stereocenters. The number of rotatable bonds is 5. The third-order valence-electron chi connectivity index (χ3n) is 2.12. The van der Waals surface area contributed by atoms with Crippen molar-refractivity contribution in [3.63, 3.8) is 0 Å². The number of nitrogens with two attached hydrogens (primary N) is 1. The first-order valence-electron chi connectivity index (χ1n) is 5.46. The molecule has 0 aliphatic carbocycles. The van der Waals surface area contributed by atoms with E-state index in [2.05, 4.69) is 16.6 Å². The zero-order chi connectivity index (χ0) is 14.3. The SMILES string of the molecule is COCCS(=O)(=O)Nc1ccc(F)c(C#CCN)c1. The molecule has 1 rings (SSSR count). The molecule has 0 aliphatic heterocycles. The summed E-state index contributed by atoms with van der Waals surface area (Å²) < 4.78 is 43.7. The van der Waals surface area contributed by atoms with Crippen molar-refractivity contribution in [2.24, 2.45) is 5.73 Å². The molecule has 7 heteroatoms. The second-order valence-corrected chi connectivity index (χ2v) is 5.46. The zero-order valence-electron chi connectivity index (χ0n) is 10.4. The number of nitrogens with one attached hydrogen (secondary N) is 1. The number of anilines is 1. The van der Waals surface area contributed by atoms with E-state index in [4.69, 9.17) is 10.5 Å². The van der Waals surface area contributed by atoms with Gasteiger partial charge in [-0.05, 0) is 18.2 Å². The molecule has 0 bridgehead atoms. The van der Waals surface area contributed by atoms with Crippen molar-refractivity contribution < 1.29 is 17.5 Å². The highest BCUT2D eigenvalue weighted by atomic mass is 32.2. The summed E-state index contributed by atoms with van der Waals surface area (Å²) in [6.45, 7) is 0.180. The molecule has 1 aromatic carbocycles. The van der Waals surface area contributed by atoms with Gasteiger partial charge in [-0.2, -0.15) is 0 Å². The van der Waals surface area contributed by atoms with Crippen LogP contribution in [-0.4, -0.2) is 34.4 Å². The van der Waals surface area contributed by atoms with Crippen LogP contribution in [-0.2, 0) is 14.8 Å². The van der Waals surface area contributed by atoms with E-state index in [-0.39, 0.29) is 30.2 Å². The first-order valence-corrected chi connectivity index (χ1v) is 7.11. The molecule has 0 atom stereocenters. The highest BCUT2D eigenvalue weighted by Crippen LogP contribution is 2.15. The van der Waals surface area contributed by atoms with E-state index in [0.29, 0.717) is 0 Å². The average Bonchev–Trinajstić information content (AvgIpc) is 2.37. The van der Waals surface area contributed by atoms with Crippen molar-refractivity contribution in [1.29, 1.82) is 0 Å². The second kappa shape index (κ2) is 7.09. The van der Waals surface area contributed by atoms with Gasteiger partial charge in [0.05, 0.1) is 24.5 Å². The van der Waals surface area contributed by atoms with Crippen LogP contribution in [0.3, 0.4) is 0 Å². The van der Waals surface area contributed by atoms with Gasteiger partial charge in [0.2, 0.25) is 10.0 Å². The normalized spacial score (nSPS) is 10.7. The van der Waals surface area contributed by atoms with E-state index in [0.717, 1.165) is 6.07 Å². The van der Waals surface area contributed by atoms with Crippen LogP contribution in [0.25, 0.3) is 0 Å². The smallest absolute Gasteiger partial charge is 0.235 e. The van der Waals surface area contributed by atoms with Crippen LogP contribution in [0.2, 0.25) is 0 Å². The van der Waals surface area contributed by atoms with Crippen molar-refractivity contribution in [2.75, 3.05) is 30.7 Å². The van der Waals surface area contributed by atoms with Gasteiger partial charge >= 0.3 is 0 Å². The minimum atomic E-state index is -3.52. The third-order valence-corrected chi connectivity index (χ3v) is 3.37. The van der Waals surface area contributed by atoms with Gasteiger partial charge in [-0.3, -0.25) is 4.72 Å². The van der Waals surface area contributed by atoms with Crippen LogP contribution in [0.15, 0.2) is 18.2 Å². The summed E-state index contributed by atoms with van der Waals surface area (Å²) in [5.41, 5.74) is 5.54. The molecule has 0 heterocycles. The maximum Gasteiger partial charge on any atom is 0.235 e. The van der Waals surface area contributed by atoms with Crippen molar-refractivity contribution in [3.05, 3.63) is 29.6 Å². The fourth-order valence-electron chi connectivity index (χ4n) is 1.25. The average molecular weight is 286 g/mol. The summed E-state index contributed by atoms with van der Waals surface area (Å²) in [5, 5.41) is 0. The molecule has 0 fully saturated rings. The first kappa shape index (κ1) is 15.4. The molecule has 0 aromatic heterocycles.